The molecule has 1 aliphatic carbocycles. The van der Waals surface area contributed by atoms with E-state index < -0.39 is 11.0 Å². The van der Waals surface area contributed by atoms with Crippen molar-refractivity contribution < 1.29 is 38.3 Å². The highest BCUT2D eigenvalue weighted by molar-refractivity contribution is 7.83. The normalized spacial score (nSPS) is 16.6. The number of thiazole rings is 1. The number of aldehydes is 1. The molecule has 2 fully saturated rings. The molecular formula is C62H110N8O8S2. The van der Waals surface area contributed by atoms with E-state index in [1.165, 1.54) is 44.9 Å². The average molecular weight is 1160 g/mol. The van der Waals surface area contributed by atoms with Crippen LogP contribution in [0.4, 0.5) is 9.93 Å². The van der Waals surface area contributed by atoms with Crippen LogP contribution >= 0.6 is 11.3 Å². The first-order valence-corrected chi connectivity index (χ1v) is 30.3. The van der Waals surface area contributed by atoms with E-state index in [0.29, 0.717) is 50.5 Å². The molecule has 3 aliphatic rings. The third-order valence-electron chi connectivity index (χ3n) is 12.1. The van der Waals surface area contributed by atoms with Crippen LogP contribution in [-0.2, 0) is 36.6 Å². The monoisotopic (exact) mass is 1160 g/mol. The van der Waals surface area contributed by atoms with Gasteiger partial charge in [-0.25, -0.2) is 18.3 Å². The number of aliphatic hydroxyl groups is 1. The number of likely N-dealkylation sites (tertiary alicyclic amines) is 1. The van der Waals surface area contributed by atoms with E-state index in [9.17, 15) is 13.8 Å². The van der Waals surface area contributed by atoms with E-state index >= 15 is 0 Å². The Bertz CT molecular complexity index is 2030. The molecule has 1 aromatic heterocycles. The summed E-state index contributed by atoms with van der Waals surface area (Å²) in [7, 11) is 6.15. The number of carbonyl (C=O) groups is 3. The van der Waals surface area contributed by atoms with Crippen molar-refractivity contribution in [2.24, 2.45) is 22.2 Å². The van der Waals surface area contributed by atoms with E-state index in [-0.39, 0.29) is 30.5 Å². The van der Waals surface area contributed by atoms with Gasteiger partial charge in [-0.05, 0) is 108 Å². The molecule has 5 rings (SSSR count). The summed E-state index contributed by atoms with van der Waals surface area (Å²) >= 11 is 1.61. The average Bonchev–Trinajstić information content (AvgIpc) is 4.19. The lowest BCUT2D eigenvalue weighted by Crippen LogP contribution is -2.53. The van der Waals surface area contributed by atoms with E-state index in [1.54, 1.807) is 25.6 Å². The zero-order valence-electron chi connectivity index (χ0n) is 52.3. The van der Waals surface area contributed by atoms with Gasteiger partial charge >= 0.3 is 6.03 Å². The number of likely N-dealkylation sites (N-methyl/N-ethyl adjacent to an activating group) is 1. The molecule has 1 saturated carbocycles. The quantitative estimate of drug-likeness (QED) is 0.0227. The summed E-state index contributed by atoms with van der Waals surface area (Å²) in [5.41, 5.74) is 2.77. The van der Waals surface area contributed by atoms with E-state index in [2.05, 4.69) is 103 Å². The molecule has 0 spiro atoms. The number of fused-ring (bicyclic) bond motifs is 1. The van der Waals surface area contributed by atoms with Gasteiger partial charge in [0.15, 0.2) is 5.13 Å². The number of anilines is 1. The van der Waals surface area contributed by atoms with Gasteiger partial charge in [0.05, 0.1) is 61.7 Å². The standard InChI is InChI=1S/C20H31N3O2S.C16H23N3O3S.C7H14.C6H13NO.C6H13N.2C2H6.C2H2.CH2O2/c1-7-9-17(25-6)10-8-11-18(21-13-12-16(4)24-5)19-14-26-20(23-19)22-15(2)3;1-16(2,3)14(18-15(21)17-8-9-20)11-19-10-12-6-4-5-7-13(12)23(19)22;1-7-5-3-2-4-6-7;1-7-4-2-3-6(7)5-8;1-4-6(2)5-7-3;3*1-2;2-1-3/h7,10,12,14-15H,1,8-9,11,13H2,2-6H3,(H,22,23);4-7,9,14H,8,10-11H2,1-3H3,(H2,17,18,21);7H,2-6H2,1H3;6,8H,2-5H2,1H3;4,6-7H,1,5H2,2-3H3;2*1-2H3;1-2H;1H,(H,2,3)/b16-12+,17-10+,21-18?;;;;;;;;/t;;;6-;;;;;/m...0...../s1. The first-order chi connectivity index (χ1) is 38.3. The molecule has 16 nitrogen and oxygen atoms in total. The van der Waals surface area contributed by atoms with Gasteiger partial charge in [-0.2, -0.15) is 0 Å². The molecule has 4 atom stereocenters. The Morgan fingerprint density at radius 3 is 2.08 bits per heavy atom. The van der Waals surface area contributed by atoms with E-state index in [1.807, 2.05) is 109 Å². The Morgan fingerprint density at radius 1 is 1.01 bits per heavy atom. The molecule has 2 aliphatic heterocycles. The fourth-order valence-electron chi connectivity index (χ4n) is 7.47. The highest BCUT2D eigenvalue weighted by atomic mass is 32.2. The highest BCUT2D eigenvalue weighted by Crippen LogP contribution is 2.29. The lowest BCUT2D eigenvalue weighted by atomic mass is 9.86. The second kappa shape index (κ2) is 53.2. The number of benzene rings is 1. The number of hydrogen-bond acceptors (Lipinski definition) is 13. The summed E-state index contributed by atoms with van der Waals surface area (Å²) in [6, 6.07) is 7.89. The fourth-order valence-corrected chi connectivity index (χ4v) is 9.71. The van der Waals surface area contributed by atoms with Crippen LogP contribution in [0.2, 0.25) is 0 Å². The Morgan fingerprint density at radius 2 is 1.64 bits per heavy atom. The number of aliphatic hydroxyl groups excluding tert-OH is 1. The molecule has 1 aromatic carbocycles. The van der Waals surface area contributed by atoms with E-state index in [0.717, 1.165) is 76.8 Å². The number of urea groups is 1. The molecule has 2 amide bonds. The topological polar surface area (TPSA) is 207 Å². The third kappa shape index (κ3) is 40.1. The first-order valence-electron chi connectivity index (χ1n) is 28.3. The van der Waals surface area contributed by atoms with Gasteiger partial charge in [0, 0.05) is 49.6 Å². The lowest BCUT2D eigenvalue weighted by molar-refractivity contribution is -0.122. The Balaban J connectivity index is -0.000000477. The molecule has 18 heteroatoms. The molecule has 1 saturated heterocycles. The number of aliphatic imine (C=N–C) groups is 1. The predicted octanol–water partition coefficient (Wildman–Crippen LogP) is 12.3. The van der Waals surface area contributed by atoms with Crippen molar-refractivity contribution in [1.29, 1.82) is 0 Å². The number of aromatic nitrogens is 1. The van der Waals surface area contributed by atoms with Gasteiger partial charge in [-0.3, -0.25) is 9.79 Å². The molecule has 3 heterocycles. The van der Waals surface area contributed by atoms with Gasteiger partial charge in [-0.1, -0.05) is 125 Å². The van der Waals surface area contributed by atoms with Crippen molar-refractivity contribution in [2.75, 3.05) is 73.0 Å². The van der Waals surface area contributed by atoms with Crippen LogP contribution in [0.1, 0.15) is 159 Å². The van der Waals surface area contributed by atoms with Crippen LogP contribution in [0, 0.1) is 30.1 Å². The summed E-state index contributed by atoms with van der Waals surface area (Å²) in [4.78, 5) is 43.0. The van der Waals surface area contributed by atoms with Gasteiger partial charge in [-0.15, -0.1) is 37.3 Å². The van der Waals surface area contributed by atoms with Crippen molar-refractivity contribution in [2.45, 2.75) is 177 Å². The highest BCUT2D eigenvalue weighted by Gasteiger charge is 2.34. The number of carbonyl (C=O) groups excluding carboxylic acids is 2. The van der Waals surface area contributed by atoms with Gasteiger partial charge in [0.25, 0.3) is 6.47 Å². The number of terminal acetylenes is 1. The van der Waals surface area contributed by atoms with Gasteiger partial charge < -0.3 is 50.6 Å². The van der Waals surface area contributed by atoms with Crippen LogP contribution in [-0.4, -0.2) is 139 Å². The second-order valence-corrected chi connectivity index (χ2v) is 22.1. The maximum Gasteiger partial charge on any atom is 0.315 e. The summed E-state index contributed by atoms with van der Waals surface area (Å²) in [6.07, 6.45) is 28.7. The molecule has 80 heavy (non-hydrogen) atoms. The minimum Gasteiger partial charge on any atom is -0.502 e. The number of ether oxygens (including phenoxy) is 2. The zero-order valence-corrected chi connectivity index (χ0v) is 53.9. The van der Waals surface area contributed by atoms with Crippen molar-refractivity contribution in [3.63, 3.8) is 0 Å². The molecule has 0 radical (unpaired) electrons. The van der Waals surface area contributed by atoms with Crippen LogP contribution in [0.25, 0.3) is 0 Å². The van der Waals surface area contributed by atoms with Crippen LogP contribution in [0.15, 0.2) is 88.5 Å². The number of methoxy groups -OCH3 is 2. The molecule has 458 valence electrons. The van der Waals surface area contributed by atoms with Gasteiger partial charge in [0.1, 0.15) is 17.3 Å². The van der Waals surface area contributed by atoms with Gasteiger partial charge in [0.2, 0.25) is 0 Å². The lowest BCUT2D eigenvalue weighted by Gasteiger charge is -2.33. The van der Waals surface area contributed by atoms with Crippen LogP contribution < -0.4 is 21.3 Å². The maximum absolute atomic E-state index is 12.6. The SMILES string of the molecule is C#C.C=CC(C)CNC.C=CC/C(=C\CCC(=NC/C=C(\C)OC)c1csc(NC(C)C)n1)OC.CC.CC.CC(C)(C)C(CN1Cc2ccccc2S1=O)NC(=O)NCC=O.CC1CCCCC1.CN1CCC[C@H]1CO.O=CO. The summed E-state index contributed by atoms with van der Waals surface area (Å²) in [5.74, 6) is 3.43. The first kappa shape index (κ1) is 81.3. The number of rotatable bonds is 21. The maximum atomic E-state index is 12.6. The number of nitrogens with one attached hydrogen (secondary N) is 4. The number of hydrogen-bond donors (Lipinski definition) is 6. The summed E-state index contributed by atoms with van der Waals surface area (Å²) in [5, 5.41) is 30.3. The minimum atomic E-state index is -1.21. The van der Waals surface area contributed by atoms with Crippen molar-refractivity contribution in [3.05, 3.63) is 89.9 Å². The summed E-state index contributed by atoms with van der Waals surface area (Å²) < 4.78 is 25.0. The van der Waals surface area contributed by atoms with Crippen molar-refractivity contribution in [3.8, 4) is 12.8 Å². The van der Waals surface area contributed by atoms with Crippen molar-refractivity contribution >= 4 is 52.0 Å². The summed E-state index contributed by atoms with van der Waals surface area (Å²) in [6.45, 7) is 36.0. The van der Waals surface area contributed by atoms with E-state index in [4.69, 9.17) is 29.5 Å². The Hall–Kier alpha value is -5.16. The third-order valence-corrected chi connectivity index (χ3v) is 14.4. The number of amides is 2. The molecular weight excluding hydrogens is 1050 g/mol. The minimum absolute atomic E-state index is 0.0240. The largest absolute Gasteiger partial charge is 0.502 e. The second-order valence-electron chi connectivity index (χ2n) is 19.7. The fraction of sp³-hybridized carbons (Fsp3) is 0.629. The molecule has 0 bridgehead atoms. The molecule has 3 unspecified atom stereocenters. The molecule has 6 N–H and O–H groups in total. The Labute approximate surface area is 492 Å². The van der Waals surface area contributed by atoms with Crippen LogP contribution in [0.3, 0.4) is 0 Å². The number of allylic oxidation sites excluding steroid dienone is 3. The predicted molar refractivity (Wildman–Crippen MR) is 341 cm³/mol. The van der Waals surface area contributed by atoms with Crippen molar-refractivity contribution in [1.82, 2.24) is 30.1 Å². The Kier molecular flexibility index (Phi) is 54.0. The number of nitrogens with zero attached hydrogens (tertiary/aromatic N) is 4. The smallest absolute Gasteiger partial charge is 0.315 e. The number of carboxylic acid groups (broad SMARTS) is 1. The zero-order chi connectivity index (χ0) is 61.9. The molecule has 2 aromatic rings. The van der Waals surface area contributed by atoms with Crippen LogP contribution in [0.5, 0.6) is 0 Å².